The zero-order chi connectivity index (χ0) is 29.9. The SMILES string of the molecule is Cc1occc(=O)c1OC1OC(COC2OCC(O)(COC(=O)C=Cc3ccc(O)c(O)c3)C2O)C(O)C(O)C1O. The van der Waals surface area contributed by atoms with E-state index >= 15 is 0 Å². The third-order valence-corrected chi connectivity index (χ3v) is 6.52. The van der Waals surface area contributed by atoms with Crippen molar-refractivity contribution in [3.05, 3.63) is 58.2 Å². The third-order valence-electron chi connectivity index (χ3n) is 6.52. The Bertz CT molecular complexity index is 1310. The van der Waals surface area contributed by atoms with Crippen molar-refractivity contribution >= 4 is 12.0 Å². The molecule has 1 aromatic heterocycles. The summed E-state index contributed by atoms with van der Waals surface area (Å²) in [5.74, 6) is -1.79. The number of benzene rings is 1. The number of aliphatic hydroxyl groups is 5. The number of phenolic OH excluding ortho intramolecular Hbond substituents is 2. The molecule has 8 atom stereocenters. The van der Waals surface area contributed by atoms with Gasteiger partial charge in [-0.15, -0.1) is 0 Å². The van der Waals surface area contributed by atoms with Crippen molar-refractivity contribution in [3.63, 3.8) is 0 Å². The maximum atomic E-state index is 12.1. The molecule has 0 radical (unpaired) electrons. The van der Waals surface area contributed by atoms with E-state index in [1.807, 2.05) is 0 Å². The second-order valence-corrected chi connectivity index (χ2v) is 9.55. The van der Waals surface area contributed by atoms with Gasteiger partial charge in [0.1, 0.15) is 42.9 Å². The Labute approximate surface area is 232 Å². The first-order chi connectivity index (χ1) is 19.4. The highest BCUT2D eigenvalue weighted by atomic mass is 16.7. The minimum atomic E-state index is -2.06. The number of aryl methyl sites for hydroxylation is 1. The van der Waals surface area contributed by atoms with Gasteiger partial charge in [0.2, 0.25) is 17.5 Å². The molecule has 3 heterocycles. The van der Waals surface area contributed by atoms with E-state index < -0.39 is 79.9 Å². The van der Waals surface area contributed by atoms with Crippen LogP contribution in [0.1, 0.15) is 11.3 Å². The quantitative estimate of drug-likeness (QED) is 0.0988. The van der Waals surface area contributed by atoms with E-state index in [1.54, 1.807) is 0 Å². The van der Waals surface area contributed by atoms with Crippen LogP contribution in [0, 0.1) is 6.92 Å². The van der Waals surface area contributed by atoms with E-state index in [-0.39, 0.29) is 23.0 Å². The monoisotopic (exact) mass is 582 g/mol. The van der Waals surface area contributed by atoms with Crippen LogP contribution < -0.4 is 10.2 Å². The molecule has 8 unspecified atom stereocenters. The van der Waals surface area contributed by atoms with E-state index in [0.29, 0.717) is 5.56 Å². The van der Waals surface area contributed by atoms with Crippen molar-refractivity contribution in [2.45, 2.75) is 55.6 Å². The lowest BCUT2D eigenvalue weighted by molar-refractivity contribution is -0.289. The average molecular weight is 583 g/mol. The van der Waals surface area contributed by atoms with E-state index in [9.17, 15) is 45.3 Å². The summed E-state index contributed by atoms with van der Waals surface area (Å²) in [6.45, 7) is -0.258. The minimum absolute atomic E-state index is 0.0827. The Balaban J connectivity index is 1.31. The lowest BCUT2D eigenvalue weighted by atomic mass is 9.99. The largest absolute Gasteiger partial charge is 0.504 e. The molecule has 2 fully saturated rings. The molecule has 0 amide bonds. The van der Waals surface area contributed by atoms with E-state index in [2.05, 4.69) is 0 Å². The van der Waals surface area contributed by atoms with Gasteiger partial charge < -0.3 is 63.8 Å². The van der Waals surface area contributed by atoms with Crippen LogP contribution in [0.5, 0.6) is 17.2 Å². The summed E-state index contributed by atoms with van der Waals surface area (Å²) in [6.07, 6.45) is -7.84. The fourth-order valence-electron chi connectivity index (χ4n) is 4.07. The van der Waals surface area contributed by atoms with Crippen LogP contribution >= 0.6 is 0 Å². The molecule has 15 heteroatoms. The van der Waals surface area contributed by atoms with Crippen molar-refractivity contribution in [1.82, 2.24) is 0 Å². The van der Waals surface area contributed by atoms with Crippen molar-refractivity contribution in [3.8, 4) is 17.2 Å². The van der Waals surface area contributed by atoms with Gasteiger partial charge >= 0.3 is 5.97 Å². The van der Waals surface area contributed by atoms with Gasteiger partial charge in [0.25, 0.3) is 0 Å². The first-order valence-electron chi connectivity index (χ1n) is 12.3. The molecule has 224 valence electrons. The minimum Gasteiger partial charge on any atom is -0.504 e. The second kappa shape index (κ2) is 12.5. The van der Waals surface area contributed by atoms with Crippen LogP contribution in [0.4, 0.5) is 0 Å². The Hall–Kier alpha value is -3.54. The summed E-state index contributed by atoms with van der Waals surface area (Å²) in [6, 6.07) is 4.96. The highest BCUT2D eigenvalue weighted by Gasteiger charge is 2.51. The molecule has 2 aliphatic heterocycles. The van der Waals surface area contributed by atoms with Crippen LogP contribution in [0.2, 0.25) is 0 Å². The number of ether oxygens (including phenoxy) is 5. The first-order valence-corrected chi connectivity index (χ1v) is 12.3. The third kappa shape index (κ3) is 6.86. The Morgan fingerprint density at radius 2 is 1.83 bits per heavy atom. The predicted molar refractivity (Wildman–Crippen MR) is 133 cm³/mol. The van der Waals surface area contributed by atoms with Gasteiger partial charge in [0.05, 0.1) is 19.5 Å². The average Bonchev–Trinajstić information content (AvgIpc) is 3.22. The molecular formula is C26H30O15. The van der Waals surface area contributed by atoms with Crippen molar-refractivity contribution in [2.75, 3.05) is 19.8 Å². The molecule has 2 aromatic rings. The molecule has 41 heavy (non-hydrogen) atoms. The van der Waals surface area contributed by atoms with Crippen LogP contribution in [-0.4, -0.2) is 110 Å². The predicted octanol–water partition coefficient (Wildman–Crippen LogP) is -1.73. The van der Waals surface area contributed by atoms with Crippen LogP contribution in [0.3, 0.4) is 0 Å². The maximum Gasteiger partial charge on any atom is 0.330 e. The van der Waals surface area contributed by atoms with Crippen LogP contribution in [0.25, 0.3) is 6.08 Å². The second-order valence-electron chi connectivity index (χ2n) is 9.55. The van der Waals surface area contributed by atoms with E-state index in [4.69, 9.17) is 28.1 Å². The summed E-state index contributed by atoms with van der Waals surface area (Å²) in [5.41, 5.74) is -2.25. The number of carbonyl (C=O) groups excluding carboxylic acids is 1. The summed E-state index contributed by atoms with van der Waals surface area (Å²) < 4.78 is 31.7. The number of rotatable bonds is 9. The Kier molecular flexibility index (Phi) is 9.31. The Morgan fingerprint density at radius 1 is 1.07 bits per heavy atom. The number of aliphatic hydroxyl groups excluding tert-OH is 4. The van der Waals surface area contributed by atoms with Crippen molar-refractivity contribution in [1.29, 1.82) is 0 Å². The number of hydrogen-bond acceptors (Lipinski definition) is 15. The van der Waals surface area contributed by atoms with Gasteiger partial charge in [-0.2, -0.15) is 0 Å². The van der Waals surface area contributed by atoms with Gasteiger partial charge in [0, 0.05) is 12.1 Å². The van der Waals surface area contributed by atoms with E-state index in [1.165, 1.54) is 31.2 Å². The topological polar surface area (TPSA) is 235 Å². The fraction of sp³-hybridized carbons (Fsp3) is 0.462. The summed E-state index contributed by atoms with van der Waals surface area (Å²) in [4.78, 5) is 24.2. The normalized spacial score (nSPS) is 31.8. The van der Waals surface area contributed by atoms with E-state index in [0.717, 1.165) is 18.4 Å². The van der Waals surface area contributed by atoms with Gasteiger partial charge in [-0.05, 0) is 30.7 Å². The summed E-state index contributed by atoms with van der Waals surface area (Å²) in [7, 11) is 0. The van der Waals surface area contributed by atoms with Gasteiger partial charge in [-0.25, -0.2) is 4.79 Å². The Morgan fingerprint density at radius 3 is 2.54 bits per heavy atom. The van der Waals surface area contributed by atoms with Gasteiger partial charge in [-0.1, -0.05) is 6.07 Å². The fourth-order valence-corrected chi connectivity index (χ4v) is 4.07. The number of esters is 1. The molecule has 2 saturated heterocycles. The maximum absolute atomic E-state index is 12.1. The first kappa shape index (κ1) is 30.4. The van der Waals surface area contributed by atoms with Crippen LogP contribution in [0.15, 0.2) is 45.8 Å². The zero-order valence-electron chi connectivity index (χ0n) is 21.6. The molecule has 2 aliphatic rings. The molecule has 7 N–H and O–H groups in total. The van der Waals surface area contributed by atoms with Crippen molar-refractivity contribution < 1.29 is 68.6 Å². The number of hydrogen-bond donors (Lipinski definition) is 7. The molecular weight excluding hydrogens is 552 g/mol. The summed E-state index contributed by atoms with van der Waals surface area (Å²) >= 11 is 0. The summed E-state index contributed by atoms with van der Waals surface area (Å²) in [5, 5.41) is 71.1. The molecule has 0 aliphatic carbocycles. The lowest BCUT2D eigenvalue weighted by Gasteiger charge is -2.40. The number of aromatic hydroxyl groups is 2. The molecule has 4 rings (SSSR count). The van der Waals surface area contributed by atoms with Crippen molar-refractivity contribution in [2.24, 2.45) is 0 Å². The highest BCUT2D eigenvalue weighted by molar-refractivity contribution is 5.87. The lowest BCUT2D eigenvalue weighted by Crippen LogP contribution is -2.60. The van der Waals surface area contributed by atoms with Gasteiger partial charge in [-0.3, -0.25) is 4.79 Å². The molecule has 15 nitrogen and oxygen atoms in total. The molecule has 0 saturated carbocycles. The molecule has 0 bridgehead atoms. The van der Waals surface area contributed by atoms with Gasteiger partial charge in [0.15, 0.2) is 23.4 Å². The zero-order valence-corrected chi connectivity index (χ0v) is 21.6. The number of carbonyl (C=O) groups is 1. The highest BCUT2D eigenvalue weighted by Crippen LogP contribution is 2.29. The number of phenols is 2. The smallest absolute Gasteiger partial charge is 0.330 e. The molecule has 1 aromatic carbocycles. The van der Waals surface area contributed by atoms with Crippen LogP contribution in [-0.2, 0) is 23.7 Å². The molecule has 0 spiro atoms. The standard InChI is InChI=1S/C26H30O15/c1-12-22(15(28)6-7-36-12)41-24-21(33)20(32)19(31)17(40-24)9-37-25-23(34)26(35,11-39-25)10-38-18(30)5-3-13-2-4-14(27)16(29)8-13/h2-8,17,19-21,23-25,27,29,31-35H,9-11H2,1H3.